The first-order valence-corrected chi connectivity index (χ1v) is 7.75. The summed E-state index contributed by atoms with van der Waals surface area (Å²) < 4.78 is 0. The Kier molecular flexibility index (Phi) is 9.09. The van der Waals surface area contributed by atoms with Gasteiger partial charge in [0.1, 0.15) is 0 Å². The molecule has 3 aromatic rings. The summed E-state index contributed by atoms with van der Waals surface area (Å²) in [5, 5.41) is 2.74. The van der Waals surface area contributed by atoms with Gasteiger partial charge in [0.05, 0.1) is 0 Å². The maximum absolute atomic E-state index is 2.37. The molecule has 0 fully saturated rings. The Morgan fingerprint density at radius 3 is 2.00 bits per heavy atom. The van der Waals surface area contributed by atoms with E-state index >= 15 is 0 Å². The van der Waals surface area contributed by atoms with Crippen LogP contribution in [0.1, 0.15) is 42.0 Å². The minimum absolute atomic E-state index is 0. The molecule has 0 N–H and O–H groups in total. The van der Waals surface area contributed by atoms with Crippen LogP contribution in [0.15, 0.2) is 42.5 Å². The van der Waals surface area contributed by atoms with E-state index < -0.39 is 0 Å². The zero-order valence-corrected chi connectivity index (χ0v) is 18.8. The zero-order chi connectivity index (χ0) is 15.1. The van der Waals surface area contributed by atoms with Gasteiger partial charge in [0.2, 0.25) is 0 Å². The standard InChI is InChI=1S/C21H23.2ClH.Zr/c1-13(2)18-11-17-7-6-8-19(20(17)12-18)21-15(4)9-14(3)10-16(21)5;;;/h6-13H,1-5H3;2*1H;/q-1;;;+3/p-2. The van der Waals surface area contributed by atoms with Crippen LogP contribution in [-0.2, 0) is 26.2 Å². The summed E-state index contributed by atoms with van der Waals surface area (Å²) in [7, 11) is 0. The van der Waals surface area contributed by atoms with Gasteiger partial charge in [-0.05, 0) is 43.4 Å². The molecule has 0 atom stereocenters. The second-order valence-electron chi connectivity index (χ2n) is 6.53. The van der Waals surface area contributed by atoms with E-state index in [1.165, 1.54) is 44.2 Å². The van der Waals surface area contributed by atoms with Crippen molar-refractivity contribution in [3.63, 3.8) is 0 Å². The van der Waals surface area contributed by atoms with Crippen molar-refractivity contribution < 1.29 is 51.0 Å². The van der Waals surface area contributed by atoms with Crippen molar-refractivity contribution in [2.75, 3.05) is 0 Å². The number of halogens is 2. The van der Waals surface area contributed by atoms with Gasteiger partial charge in [0.15, 0.2) is 0 Å². The maximum atomic E-state index is 2.37. The van der Waals surface area contributed by atoms with E-state index in [0.717, 1.165) is 0 Å². The van der Waals surface area contributed by atoms with E-state index in [0.29, 0.717) is 5.92 Å². The van der Waals surface area contributed by atoms with Gasteiger partial charge in [-0.2, -0.15) is 6.07 Å². The molecule has 0 saturated heterocycles. The fourth-order valence-electron chi connectivity index (χ4n) is 3.41. The molecule has 0 unspecified atom stereocenters. The zero-order valence-electron chi connectivity index (χ0n) is 14.9. The van der Waals surface area contributed by atoms with Crippen LogP contribution in [0.5, 0.6) is 0 Å². The number of rotatable bonds is 2. The van der Waals surface area contributed by atoms with Crippen LogP contribution in [-0.4, -0.2) is 0 Å². The normalized spacial score (nSPS) is 10.1. The fourth-order valence-corrected chi connectivity index (χ4v) is 3.41. The van der Waals surface area contributed by atoms with Gasteiger partial charge < -0.3 is 24.8 Å². The van der Waals surface area contributed by atoms with E-state index in [2.05, 4.69) is 77.1 Å². The van der Waals surface area contributed by atoms with Crippen molar-refractivity contribution in [2.24, 2.45) is 0 Å². The monoisotopic (exact) mass is 435 g/mol. The van der Waals surface area contributed by atoms with Crippen LogP contribution in [0.4, 0.5) is 0 Å². The quantitative estimate of drug-likeness (QED) is 0.506. The summed E-state index contributed by atoms with van der Waals surface area (Å²) in [6.07, 6.45) is 0. The Hall–Kier alpha value is -0.487. The second kappa shape index (κ2) is 9.28. The van der Waals surface area contributed by atoms with E-state index in [-0.39, 0.29) is 51.0 Å². The number of aryl methyl sites for hydroxylation is 3. The Bertz CT molecular complexity index is 793. The van der Waals surface area contributed by atoms with E-state index in [1.54, 1.807) is 0 Å². The molecule has 0 saturated carbocycles. The summed E-state index contributed by atoms with van der Waals surface area (Å²) in [5.74, 6) is 0.575. The van der Waals surface area contributed by atoms with E-state index in [1.807, 2.05) is 0 Å². The van der Waals surface area contributed by atoms with Crippen LogP contribution < -0.4 is 24.8 Å². The molecule has 0 spiro atoms. The largest absolute Gasteiger partial charge is 3.00 e. The average molecular weight is 438 g/mol. The number of fused-ring (bicyclic) bond motifs is 1. The van der Waals surface area contributed by atoms with Crippen LogP contribution in [0.3, 0.4) is 0 Å². The Morgan fingerprint density at radius 1 is 0.875 bits per heavy atom. The topological polar surface area (TPSA) is 0 Å². The van der Waals surface area contributed by atoms with Crippen LogP contribution in [0, 0.1) is 20.8 Å². The second-order valence-corrected chi connectivity index (χ2v) is 6.53. The maximum Gasteiger partial charge on any atom is 3.00 e. The summed E-state index contributed by atoms with van der Waals surface area (Å²) in [5.41, 5.74) is 8.27. The van der Waals surface area contributed by atoms with Gasteiger partial charge in [-0.1, -0.05) is 43.2 Å². The first-order chi connectivity index (χ1) is 9.97. The third-order valence-corrected chi connectivity index (χ3v) is 4.39. The van der Waals surface area contributed by atoms with Crippen molar-refractivity contribution in [2.45, 2.75) is 40.5 Å². The fraction of sp³-hybridized carbons (Fsp3) is 0.286. The van der Waals surface area contributed by atoms with Crippen molar-refractivity contribution in [1.82, 2.24) is 0 Å². The molecule has 0 heterocycles. The van der Waals surface area contributed by atoms with Gasteiger partial charge in [-0.25, -0.2) is 0 Å². The van der Waals surface area contributed by atoms with E-state index in [9.17, 15) is 0 Å². The smallest absolute Gasteiger partial charge is 1.00 e. The molecule has 3 rings (SSSR count). The molecule has 0 aliphatic heterocycles. The van der Waals surface area contributed by atoms with Crippen molar-refractivity contribution in [3.8, 4) is 11.1 Å². The van der Waals surface area contributed by atoms with Crippen molar-refractivity contribution in [3.05, 3.63) is 64.7 Å². The third kappa shape index (κ3) is 4.37. The molecule has 24 heavy (non-hydrogen) atoms. The first kappa shape index (κ1) is 23.5. The molecule has 0 aliphatic carbocycles. The summed E-state index contributed by atoms with van der Waals surface area (Å²) in [6.45, 7) is 11.1. The Morgan fingerprint density at radius 2 is 1.46 bits per heavy atom. The summed E-state index contributed by atoms with van der Waals surface area (Å²) in [6, 6.07) is 15.9. The van der Waals surface area contributed by atoms with E-state index in [4.69, 9.17) is 0 Å². The molecule has 1 radical (unpaired) electrons. The Labute approximate surface area is 177 Å². The van der Waals surface area contributed by atoms with Gasteiger partial charge >= 0.3 is 26.2 Å². The van der Waals surface area contributed by atoms with Gasteiger partial charge in [0.25, 0.3) is 0 Å². The Balaban J connectivity index is 0.00000176. The van der Waals surface area contributed by atoms with Gasteiger partial charge in [0, 0.05) is 0 Å². The molecule has 125 valence electrons. The SMILES string of the molecule is Cc1cc(C)c(-c2cccc3[cH-]c(C(C)C)cc23)c(C)c1.[Cl-].[Cl-].[Zr+3]. The summed E-state index contributed by atoms with van der Waals surface area (Å²) >= 11 is 0. The predicted molar refractivity (Wildman–Crippen MR) is 93.3 cm³/mol. The number of hydrogen-bond donors (Lipinski definition) is 0. The molecule has 0 amide bonds. The first-order valence-electron chi connectivity index (χ1n) is 7.75. The van der Waals surface area contributed by atoms with Crippen molar-refractivity contribution >= 4 is 10.8 Å². The van der Waals surface area contributed by atoms with Gasteiger partial charge in [-0.3, -0.25) is 0 Å². The van der Waals surface area contributed by atoms with Crippen LogP contribution in [0.25, 0.3) is 21.9 Å². The van der Waals surface area contributed by atoms with Crippen molar-refractivity contribution in [1.29, 1.82) is 0 Å². The molecule has 0 aromatic heterocycles. The summed E-state index contributed by atoms with van der Waals surface area (Å²) in [4.78, 5) is 0. The third-order valence-electron chi connectivity index (χ3n) is 4.39. The predicted octanol–water partition coefficient (Wildman–Crippen LogP) is 0.280. The van der Waals surface area contributed by atoms with Crippen LogP contribution >= 0.6 is 0 Å². The molecular weight excluding hydrogens is 414 g/mol. The molecule has 0 nitrogen and oxygen atoms in total. The van der Waals surface area contributed by atoms with Crippen LogP contribution in [0.2, 0.25) is 0 Å². The average Bonchev–Trinajstić information content (AvgIpc) is 2.82. The van der Waals surface area contributed by atoms with Gasteiger partial charge in [-0.15, -0.1) is 34.5 Å². The molecular formula is C21H23Cl2Zr. The minimum atomic E-state index is 0. The number of benzene rings is 2. The molecule has 3 aromatic carbocycles. The minimum Gasteiger partial charge on any atom is -1.00 e. The molecule has 3 heteroatoms. The molecule has 0 aliphatic rings. The molecule has 0 bridgehead atoms. The number of hydrogen-bond acceptors (Lipinski definition) is 0.